The third-order valence-electron chi connectivity index (χ3n) is 6.96. The first-order valence-corrected chi connectivity index (χ1v) is 12.5. The van der Waals surface area contributed by atoms with Gasteiger partial charge in [0.15, 0.2) is 6.29 Å². The second-order valence-corrected chi connectivity index (χ2v) is 9.25. The van der Waals surface area contributed by atoms with Crippen LogP contribution in [0.4, 0.5) is 0 Å². The zero-order valence-corrected chi connectivity index (χ0v) is 20.1. The van der Waals surface area contributed by atoms with E-state index >= 15 is 0 Å². The minimum Gasteiger partial charge on any atom is -0.462 e. The van der Waals surface area contributed by atoms with Crippen LogP contribution in [-0.4, -0.2) is 28.6 Å². The number of aldehydes is 1. The Bertz CT molecular complexity index is 1350. The topological polar surface area (TPSA) is 61.2 Å². The Hall–Kier alpha value is -3.73. The van der Waals surface area contributed by atoms with Crippen molar-refractivity contribution in [2.24, 2.45) is 0 Å². The normalized spacial score (nSPS) is 15.1. The number of hydrogen-bond donors (Lipinski definition) is 0. The summed E-state index contributed by atoms with van der Waals surface area (Å²) < 4.78 is 7.05. The van der Waals surface area contributed by atoms with E-state index in [0.29, 0.717) is 17.9 Å². The summed E-state index contributed by atoms with van der Waals surface area (Å²) in [6.07, 6.45) is 6.59. The standard InChI is InChI=1S/C30H30N2O3/c1-2-3-18-35-30(34)22-14-16-25(17-15-22)32-28(20-33)27-13-7-11-24(29(27)31-32)19-23-10-6-9-21-8-4-5-12-26(21)23/h4-6,8-10,12,14-17,20,24H,2-3,7,11,13,18-19H2,1H3. The number of rotatable bonds is 8. The third kappa shape index (κ3) is 4.63. The molecule has 1 atom stereocenters. The van der Waals surface area contributed by atoms with Crippen molar-refractivity contribution in [2.45, 2.75) is 51.4 Å². The van der Waals surface area contributed by atoms with E-state index in [9.17, 15) is 9.59 Å². The molecule has 0 N–H and O–H groups in total. The van der Waals surface area contributed by atoms with Gasteiger partial charge in [0.05, 0.1) is 23.6 Å². The lowest BCUT2D eigenvalue weighted by Crippen LogP contribution is -2.12. The van der Waals surface area contributed by atoms with Crippen LogP contribution >= 0.6 is 0 Å². The molecule has 4 aromatic rings. The SMILES string of the molecule is CCCCOC(=O)c1ccc(-n2nc3c(c2C=O)CCCC3Cc2cccc3ccccc23)cc1. The van der Waals surface area contributed by atoms with Gasteiger partial charge in [-0.15, -0.1) is 0 Å². The summed E-state index contributed by atoms with van der Waals surface area (Å²) in [6, 6.07) is 22.1. The fraction of sp³-hybridized carbons (Fsp3) is 0.300. The second-order valence-electron chi connectivity index (χ2n) is 9.25. The molecule has 178 valence electrons. The Morgan fingerprint density at radius 3 is 2.69 bits per heavy atom. The van der Waals surface area contributed by atoms with Crippen LogP contribution in [0.2, 0.25) is 0 Å². The monoisotopic (exact) mass is 466 g/mol. The van der Waals surface area contributed by atoms with Gasteiger partial charge in [-0.2, -0.15) is 5.10 Å². The summed E-state index contributed by atoms with van der Waals surface area (Å²) in [5.74, 6) is -0.0622. The summed E-state index contributed by atoms with van der Waals surface area (Å²) in [5.41, 5.74) is 5.28. The van der Waals surface area contributed by atoms with Gasteiger partial charge in [-0.3, -0.25) is 4.79 Å². The van der Waals surface area contributed by atoms with Gasteiger partial charge in [0, 0.05) is 11.5 Å². The fourth-order valence-corrected chi connectivity index (χ4v) is 5.11. The molecule has 5 rings (SSSR count). The minimum atomic E-state index is -0.324. The highest BCUT2D eigenvalue weighted by molar-refractivity contribution is 5.89. The van der Waals surface area contributed by atoms with Crippen LogP contribution in [-0.2, 0) is 17.6 Å². The van der Waals surface area contributed by atoms with Gasteiger partial charge in [0.2, 0.25) is 0 Å². The van der Waals surface area contributed by atoms with Gasteiger partial charge >= 0.3 is 5.97 Å². The Kier molecular flexibility index (Phi) is 6.75. The van der Waals surface area contributed by atoms with E-state index in [-0.39, 0.29) is 11.9 Å². The minimum absolute atomic E-state index is 0.261. The summed E-state index contributed by atoms with van der Waals surface area (Å²) in [5, 5.41) is 7.47. The molecule has 5 nitrogen and oxygen atoms in total. The molecule has 35 heavy (non-hydrogen) atoms. The molecule has 0 saturated carbocycles. The maximum Gasteiger partial charge on any atom is 0.338 e. The highest BCUT2D eigenvalue weighted by Crippen LogP contribution is 2.37. The first kappa shape index (κ1) is 23.0. The van der Waals surface area contributed by atoms with Crippen LogP contribution in [0.15, 0.2) is 66.7 Å². The van der Waals surface area contributed by atoms with Crippen LogP contribution in [0.5, 0.6) is 0 Å². The number of esters is 1. The van der Waals surface area contributed by atoms with Gasteiger partial charge in [0.25, 0.3) is 0 Å². The van der Waals surface area contributed by atoms with E-state index in [1.54, 1.807) is 16.8 Å². The van der Waals surface area contributed by atoms with E-state index < -0.39 is 0 Å². The van der Waals surface area contributed by atoms with Gasteiger partial charge in [0.1, 0.15) is 5.69 Å². The molecule has 1 aromatic heterocycles. The lowest BCUT2D eigenvalue weighted by Gasteiger charge is -2.22. The molecule has 3 aromatic carbocycles. The molecule has 1 heterocycles. The van der Waals surface area contributed by atoms with E-state index in [2.05, 4.69) is 49.4 Å². The first-order valence-electron chi connectivity index (χ1n) is 12.5. The molecule has 0 radical (unpaired) electrons. The van der Waals surface area contributed by atoms with Gasteiger partial charge in [-0.25, -0.2) is 9.48 Å². The number of hydrogen-bond acceptors (Lipinski definition) is 4. The average Bonchev–Trinajstić information content (AvgIpc) is 3.29. The molecule has 0 aliphatic heterocycles. The first-order chi connectivity index (χ1) is 17.2. The third-order valence-corrected chi connectivity index (χ3v) is 6.96. The van der Waals surface area contributed by atoms with E-state index in [0.717, 1.165) is 61.8 Å². The van der Waals surface area contributed by atoms with Crippen LogP contribution in [0.3, 0.4) is 0 Å². The van der Waals surface area contributed by atoms with Crippen LogP contribution in [0.1, 0.15) is 76.2 Å². The van der Waals surface area contributed by atoms with Crippen LogP contribution in [0, 0.1) is 0 Å². The predicted molar refractivity (Wildman–Crippen MR) is 137 cm³/mol. The quantitative estimate of drug-likeness (QED) is 0.170. The maximum atomic E-state index is 12.3. The molecule has 0 bridgehead atoms. The van der Waals surface area contributed by atoms with Gasteiger partial charge < -0.3 is 4.74 Å². The number of fused-ring (bicyclic) bond motifs is 2. The molecule has 0 saturated heterocycles. The van der Waals surface area contributed by atoms with Gasteiger partial charge in [-0.05, 0) is 72.7 Å². The summed E-state index contributed by atoms with van der Waals surface area (Å²) in [6.45, 7) is 2.49. The molecule has 5 heteroatoms. The Balaban J connectivity index is 1.44. The van der Waals surface area contributed by atoms with E-state index in [1.165, 1.54) is 16.3 Å². The summed E-state index contributed by atoms with van der Waals surface area (Å²) >= 11 is 0. The van der Waals surface area contributed by atoms with Crippen molar-refractivity contribution < 1.29 is 14.3 Å². The molecular formula is C30H30N2O3. The zero-order chi connectivity index (χ0) is 24.2. The fourth-order valence-electron chi connectivity index (χ4n) is 5.11. The molecule has 0 amide bonds. The molecule has 1 aliphatic carbocycles. The van der Waals surface area contributed by atoms with Crippen LogP contribution < -0.4 is 0 Å². The predicted octanol–water partition coefficient (Wildman–Crippen LogP) is 6.46. The smallest absolute Gasteiger partial charge is 0.338 e. The van der Waals surface area contributed by atoms with Crippen molar-refractivity contribution in [1.29, 1.82) is 0 Å². The molecular weight excluding hydrogens is 436 g/mol. The van der Waals surface area contributed by atoms with Crippen molar-refractivity contribution >= 4 is 23.0 Å². The maximum absolute atomic E-state index is 12.3. The molecule has 0 fully saturated rings. The largest absolute Gasteiger partial charge is 0.462 e. The Morgan fingerprint density at radius 1 is 1.09 bits per heavy atom. The summed E-state index contributed by atoms with van der Waals surface area (Å²) in [7, 11) is 0. The van der Waals surface area contributed by atoms with Crippen molar-refractivity contribution in [2.75, 3.05) is 6.61 Å². The van der Waals surface area contributed by atoms with Crippen molar-refractivity contribution in [3.63, 3.8) is 0 Å². The van der Waals surface area contributed by atoms with Gasteiger partial charge in [-0.1, -0.05) is 55.8 Å². The zero-order valence-electron chi connectivity index (χ0n) is 20.1. The molecule has 0 spiro atoms. The summed E-state index contributed by atoms with van der Waals surface area (Å²) in [4.78, 5) is 24.4. The number of carbonyl (C=O) groups is 2. The number of unbranched alkanes of at least 4 members (excludes halogenated alkanes) is 1. The van der Waals surface area contributed by atoms with Crippen molar-refractivity contribution in [3.05, 3.63) is 94.8 Å². The second kappa shape index (κ2) is 10.3. The Morgan fingerprint density at radius 2 is 1.89 bits per heavy atom. The Labute approximate surface area is 205 Å². The average molecular weight is 467 g/mol. The molecule has 1 aliphatic rings. The number of ether oxygens (including phenoxy) is 1. The van der Waals surface area contributed by atoms with E-state index in [1.807, 2.05) is 12.1 Å². The number of nitrogens with zero attached hydrogens (tertiary/aromatic N) is 2. The van der Waals surface area contributed by atoms with Crippen LogP contribution in [0.25, 0.3) is 16.5 Å². The number of benzene rings is 3. The lowest BCUT2D eigenvalue weighted by atomic mass is 9.82. The number of aromatic nitrogens is 2. The van der Waals surface area contributed by atoms with Crippen molar-refractivity contribution in [1.82, 2.24) is 9.78 Å². The molecule has 1 unspecified atom stereocenters. The lowest BCUT2D eigenvalue weighted by molar-refractivity contribution is 0.0499. The van der Waals surface area contributed by atoms with E-state index in [4.69, 9.17) is 9.84 Å². The highest BCUT2D eigenvalue weighted by atomic mass is 16.5. The van der Waals surface area contributed by atoms with Crippen molar-refractivity contribution in [3.8, 4) is 5.69 Å². The highest BCUT2D eigenvalue weighted by Gasteiger charge is 2.29. The number of carbonyl (C=O) groups excluding carboxylic acids is 2.